The predicted octanol–water partition coefficient (Wildman–Crippen LogP) is 0.363. The molecule has 0 aromatic heterocycles. The molecule has 0 saturated heterocycles. The van der Waals surface area contributed by atoms with Crippen LogP contribution in [0.25, 0.3) is 0 Å². The van der Waals surface area contributed by atoms with E-state index in [4.69, 9.17) is 10.5 Å². The lowest BCUT2D eigenvalue weighted by Gasteiger charge is -2.37. The van der Waals surface area contributed by atoms with Gasteiger partial charge in [-0.15, -0.1) is 0 Å². The number of ether oxygens (including phenoxy) is 1. The van der Waals surface area contributed by atoms with Gasteiger partial charge in [-0.05, 0) is 32.2 Å². The van der Waals surface area contributed by atoms with Crippen molar-refractivity contribution >= 4 is 5.91 Å². The largest absolute Gasteiger partial charge is 0.375 e. The van der Waals surface area contributed by atoms with Crippen LogP contribution in [0.2, 0.25) is 0 Å². The zero-order valence-electron chi connectivity index (χ0n) is 8.87. The number of methoxy groups -OCH3 is 1. The Morgan fingerprint density at radius 3 is 2.71 bits per heavy atom. The standard InChI is InChI=1S/C10H20N2O2/c1-14-8-10(13)12(7-3-6-11)9-4-2-5-9/h9H,2-8,11H2,1H3. The molecule has 4 heteroatoms. The molecule has 4 nitrogen and oxygen atoms in total. The zero-order chi connectivity index (χ0) is 10.4. The highest BCUT2D eigenvalue weighted by atomic mass is 16.5. The summed E-state index contributed by atoms with van der Waals surface area (Å²) in [6.07, 6.45) is 4.40. The SMILES string of the molecule is COCC(=O)N(CCCN)C1CCC1. The normalized spacial score (nSPS) is 16.4. The van der Waals surface area contributed by atoms with Crippen molar-refractivity contribution in [3.05, 3.63) is 0 Å². The molecule has 0 aromatic carbocycles. The third-order valence-corrected chi connectivity index (χ3v) is 2.71. The molecule has 1 saturated carbocycles. The van der Waals surface area contributed by atoms with E-state index in [2.05, 4.69) is 0 Å². The van der Waals surface area contributed by atoms with Crippen LogP contribution in [0, 0.1) is 0 Å². The van der Waals surface area contributed by atoms with Gasteiger partial charge in [0.15, 0.2) is 0 Å². The maximum absolute atomic E-state index is 11.6. The summed E-state index contributed by atoms with van der Waals surface area (Å²) in [5.74, 6) is 0.102. The molecule has 0 aliphatic heterocycles. The minimum Gasteiger partial charge on any atom is -0.375 e. The van der Waals surface area contributed by atoms with Gasteiger partial charge in [-0.3, -0.25) is 4.79 Å². The van der Waals surface area contributed by atoms with E-state index in [1.54, 1.807) is 7.11 Å². The lowest BCUT2D eigenvalue weighted by atomic mass is 9.91. The molecular formula is C10H20N2O2. The first-order valence-electron chi connectivity index (χ1n) is 5.28. The van der Waals surface area contributed by atoms with Crippen molar-refractivity contribution in [3.63, 3.8) is 0 Å². The molecule has 1 aliphatic carbocycles. The number of nitrogens with zero attached hydrogens (tertiary/aromatic N) is 1. The molecule has 1 rings (SSSR count). The Hall–Kier alpha value is -0.610. The van der Waals surface area contributed by atoms with Crippen molar-refractivity contribution in [3.8, 4) is 0 Å². The second-order valence-electron chi connectivity index (χ2n) is 3.75. The van der Waals surface area contributed by atoms with E-state index in [1.165, 1.54) is 6.42 Å². The molecule has 2 N–H and O–H groups in total. The lowest BCUT2D eigenvalue weighted by Crippen LogP contribution is -2.46. The van der Waals surface area contributed by atoms with Gasteiger partial charge in [-0.1, -0.05) is 0 Å². The molecule has 1 fully saturated rings. The van der Waals surface area contributed by atoms with E-state index in [0.29, 0.717) is 12.6 Å². The molecule has 14 heavy (non-hydrogen) atoms. The average Bonchev–Trinajstić information content (AvgIpc) is 2.09. The Balaban J connectivity index is 2.38. The number of nitrogens with two attached hydrogens (primary N) is 1. The molecule has 0 unspecified atom stereocenters. The Labute approximate surface area is 85.4 Å². The summed E-state index contributed by atoms with van der Waals surface area (Å²) >= 11 is 0. The van der Waals surface area contributed by atoms with Crippen molar-refractivity contribution in [2.75, 3.05) is 26.8 Å². The third kappa shape index (κ3) is 2.96. The second-order valence-corrected chi connectivity index (χ2v) is 3.75. The molecular weight excluding hydrogens is 180 g/mol. The Kier molecular flexibility index (Phi) is 4.90. The monoisotopic (exact) mass is 200 g/mol. The molecule has 1 amide bonds. The van der Waals surface area contributed by atoms with Crippen LogP contribution in [0.3, 0.4) is 0 Å². The van der Waals surface area contributed by atoms with Crippen molar-refractivity contribution < 1.29 is 9.53 Å². The quantitative estimate of drug-likeness (QED) is 0.673. The molecule has 1 aliphatic rings. The van der Waals surface area contributed by atoms with Gasteiger partial charge in [0.1, 0.15) is 6.61 Å². The summed E-state index contributed by atoms with van der Waals surface area (Å²) in [6, 6.07) is 0.448. The molecule has 82 valence electrons. The second kappa shape index (κ2) is 5.98. The maximum Gasteiger partial charge on any atom is 0.248 e. The van der Waals surface area contributed by atoms with E-state index in [-0.39, 0.29) is 12.5 Å². The average molecular weight is 200 g/mol. The van der Waals surface area contributed by atoms with Crippen LogP contribution in [0.1, 0.15) is 25.7 Å². The first-order valence-corrected chi connectivity index (χ1v) is 5.28. The van der Waals surface area contributed by atoms with Crippen LogP contribution in [0.5, 0.6) is 0 Å². The summed E-state index contributed by atoms with van der Waals surface area (Å²) in [7, 11) is 1.56. The number of rotatable bonds is 6. The molecule has 0 spiro atoms. The first kappa shape index (κ1) is 11.5. The van der Waals surface area contributed by atoms with E-state index >= 15 is 0 Å². The van der Waals surface area contributed by atoms with Crippen LogP contribution in [-0.2, 0) is 9.53 Å². The third-order valence-electron chi connectivity index (χ3n) is 2.71. The van der Waals surface area contributed by atoms with Gasteiger partial charge in [0.05, 0.1) is 0 Å². The number of hydrogen-bond acceptors (Lipinski definition) is 3. The number of amides is 1. The van der Waals surface area contributed by atoms with Crippen LogP contribution in [-0.4, -0.2) is 43.7 Å². The fraction of sp³-hybridized carbons (Fsp3) is 0.900. The van der Waals surface area contributed by atoms with E-state index in [0.717, 1.165) is 25.8 Å². The smallest absolute Gasteiger partial charge is 0.248 e. The fourth-order valence-electron chi connectivity index (χ4n) is 1.68. The van der Waals surface area contributed by atoms with Crippen molar-refractivity contribution in [2.45, 2.75) is 31.7 Å². The summed E-state index contributed by atoms with van der Waals surface area (Å²) < 4.78 is 4.86. The highest BCUT2D eigenvalue weighted by Crippen LogP contribution is 2.24. The highest BCUT2D eigenvalue weighted by molar-refractivity contribution is 5.77. The predicted molar refractivity (Wildman–Crippen MR) is 54.9 cm³/mol. The van der Waals surface area contributed by atoms with E-state index < -0.39 is 0 Å². The van der Waals surface area contributed by atoms with Crippen LogP contribution in [0.4, 0.5) is 0 Å². The Morgan fingerprint density at radius 2 is 2.29 bits per heavy atom. The Morgan fingerprint density at radius 1 is 1.57 bits per heavy atom. The van der Waals surface area contributed by atoms with Gasteiger partial charge in [-0.2, -0.15) is 0 Å². The molecule has 0 radical (unpaired) electrons. The Bertz CT molecular complexity index is 181. The van der Waals surface area contributed by atoms with Crippen molar-refractivity contribution in [1.29, 1.82) is 0 Å². The van der Waals surface area contributed by atoms with Crippen LogP contribution in [0.15, 0.2) is 0 Å². The maximum atomic E-state index is 11.6. The number of hydrogen-bond donors (Lipinski definition) is 1. The van der Waals surface area contributed by atoms with Gasteiger partial charge < -0.3 is 15.4 Å². The minimum atomic E-state index is 0.102. The molecule has 0 atom stereocenters. The molecule has 0 bridgehead atoms. The zero-order valence-corrected chi connectivity index (χ0v) is 8.87. The molecule has 0 aromatic rings. The molecule has 0 heterocycles. The van der Waals surface area contributed by atoms with Crippen molar-refractivity contribution in [1.82, 2.24) is 4.90 Å². The van der Waals surface area contributed by atoms with Crippen LogP contribution >= 0.6 is 0 Å². The van der Waals surface area contributed by atoms with Gasteiger partial charge in [0, 0.05) is 19.7 Å². The first-order chi connectivity index (χ1) is 6.79. The highest BCUT2D eigenvalue weighted by Gasteiger charge is 2.27. The number of carbonyl (C=O) groups is 1. The summed E-state index contributed by atoms with van der Waals surface area (Å²) in [6.45, 7) is 1.62. The fourth-order valence-corrected chi connectivity index (χ4v) is 1.68. The topological polar surface area (TPSA) is 55.6 Å². The van der Waals surface area contributed by atoms with Gasteiger partial charge in [0.2, 0.25) is 5.91 Å². The lowest BCUT2D eigenvalue weighted by molar-refractivity contribution is -0.139. The summed E-state index contributed by atoms with van der Waals surface area (Å²) in [5, 5.41) is 0. The van der Waals surface area contributed by atoms with E-state index in [1.807, 2.05) is 4.90 Å². The summed E-state index contributed by atoms with van der Waals surface area (Å²) in [4.78, 5) is 13.6. The van der Waals surface area contributed by atoms with Gasteiger partial charge in [-0.25, -0.2) is 0 Å². The minimum absolute atomic E-state index is 0.102. The van der Waals surface area contributed by atoms with Crippen molar-refractivity contribution in [2.24, 2.45) is 5.73 Å². The van der Waals surface area contributed by atoms with E-state index in [9.17, 15) is 4.79 Å². The van der Waals surface area contributed by atoms with Crippen LogP contribution < -0.4 is 5.73 Å². The van der Waals surface area contributed by atoms with Gasteiger partial charge in [0.25, 0.3) is 0 Å². The number of carbonyl (C=O) groups excluding carboxylic acids is 1. The van der Waals surface area contributed by atoms with Gasteiger partial charge >= 0.3 is 0 Å². The summed E-state index contributed by atoms with van der Waals surface area (Å²) in [5.41, 5.74) is 5.44.